The van der Waals surface area contributed by atoms with Crippen LogP contribution in [0.2, 0.25) is 0 Å². The summed E-state index contributed by atoms with van der Waals surface area (Å²) in [5, 5.41) is 3.83. The Balaban J connectivity index is 2.03. The van der Waals surface area contributed by atoms with E-state index >= 15 is 0 Å². The van der Waals surface area contributed by atoms with E-state index < -0.39 is 11.4 Å². The molecule has 0 bridgehead atoms. The molecule has 1 heterocycles. The van der Waals surface area contributed by atoms with Gasteiger partial charge in [-0.05, 0) is 36.1 Å². The van der Waals surface area contributed by atoms with Crippen molar-refractivity contribution in [3.63, 3.8) is 0 Å². The van der Waals surface area contributed by atoms with E-state index in [0.717, 1.165) is 40.9 Å². The minimum Gasteiger partial charge on any atom is -0.368 e. The third kappa shape index (κ3) is 5.09. The molecular formula is C24H36N4O2S. The van der Waals surface area contributed by atoms with E-state index in [9.17, 15) is 9.59 Å². The van der Waals surface area contributed by atoms with Crippen LogP contribution < -0.4 is 16.8 Å². The van der Waals surface area contributed by atoms with Gasteiger partial charge in [0.05, 0.1) is 15.2 Å². The molecule has 1 aromatic carbocycles. The van der Waals surface area contributed by atoms with Gasteiger partial charge in [-0.25, -0.2) is 4.98 Å². The second-order valence-corrected chi connectivity index (χ2v) is 10.3. The number of nitrogens with two attached hydrogens (primary N) is 2. The number of fused-ring (bicyclic) bond motifs is 1. The first-order valence-corrected chi connectivity index (χ1v) is 12.3. The van der Waals surface area contributed by atoms with Crippen LogP contribution in [0.15, 0.2) is 18.2 Å². The predicted octanol–water partition coefficient (Wildman–Crippen LogP) is 3.87. The third-order valence-corrected chi connectivity index (χ3v) is 7.80. The van der Waals surface area contributed by atoms with Crippen molar-refractivity contribution in [1.82, 2.24) is 10.3 Å². The Morgan fingerprint density at radius 1 is 1.26 bits per heavy atom. The van der Waals surface area contributed by atoms with Crippen LogP contribution in [-0.4, -0.2) is 28.9 Å². The van der Waals surface area contributed by atoms with Crippen molar-refractivity contribution in [2.75, 3.05) is 6.54 Å². The number of aromatic nitrogens is 1. The van der Waals surface area contributed by atoms with Gasteiger partial charge in [0.25, 0.3) is 0 Å². The summed E-state index contributed by atoms with van der Waals surface area (Å²) in [4.78, 5) is 30.3. The predicted molar refractivity (Wildman–Crippen MR) is 127 cm³/mol. The number of thiazole rings is 1. The van der Waals surface area contributed by atoms with Crippen LogP contribution in [0.3, 0.4) is 0 Å². The number of benzene rings is 1. The largest absolute Gasteiger partial charge is 0.368 e. The molecule has 31 heavy (non-hydrogen) atoms. The standard InChI is InChI=1S/C24H36N4O2S/c1-4-21(29)28-24(23(26)30,18(14-25)16-8-6-5-7-9-16)13-22-27-19-11-10-17(15(2)3)12-20(19)31-22/h10-12,15-16,18H,4-9,13-14,25H2,1-3H3,(H2,26,30)(H,28,29)/t18-,24?/m1/s1. The lowest BCUT2D eigenvalue weighted by Gasteiger charge is -2.43. The molecule has 3 rings (SSSR count). The third-order valence-electron chi connectivity index (χ3n) is 6.78. The molecule has 6 nitrogen and oxygen atoms in total. The summed E-state index contributed by atoms with van der Waals surface area (Å²) in [5.74, 6) is -0.213. The number of nitrogens with one attached hydrogen (secondary N) is 1. The number of hydrogen-bond acceptors (Lipinski definition) is 5. The van der Waals surface area contributed by atoms with E-state index in [2.05, 4.69) is 31.3 Å². The molecule has 0 saturated heterocycles. The van der Waals surface area contributed by atoms with Crippen LogP contribution in [0, 0.1) is 11.8 Å². The lowest BCUT2D eigenvalue weighted by Crippen LogP contribution is -2.66. The molecule has 1 aliphatic rings. The van der Waals surface area contributed by atoms with Gasteiger partial charge in [-0.3, -0.25) is 9.59 Å². The highest BCUT2D eigenvalue weighted by Crippen LogP contribution is 2.38. The average molecular weight is 445 g/mol. The Hall–Kier alpha value is -1.99. The summed E-state index contributed by atoms with van der Waals surface area (Å²) in [5.41, 5.74) is 13.2. The monoisotopic (exact) mass is 444 g/mol. The molecule has 2 aromatic rings. The van der Waals surface area contributed by atoms with Gasteiger partial charge in [-0.15, -0.1) is 11.3 Å². The quantitative estimate of drug-likeness (QED) is 0.545. The Morgan fingerprint density at radius 2 is 1.97 bits per heavy atom. The van der Waals surface area contributed by atoms with Crippen LogP contribution in [0.25, 0.3) is 10.2 Å². The molecule has 5 N–H and O–H groups in total. The van der Waals surface area contributed by atoms with Gasteiger partial charge < -0.3 is 16.8 Å². The fourth-order valence-electron chi connectivity index (χ4n) is 4.93. The van der Waals surface area contributed by atoms with E-state index in [1.165, 1.54) is 12.0 Å². The first-order valence-electron chi connectivity index (χ1n) is 11.5. The number of carbonyl (C=O) groups is 2. The van der Waals surface area contributed by atoms with Crippen molar-refractivity contribution in [2.24, 2.45) is 23.3 Å². The van der Waals surface area contributed by atoms with Crippen molar-refractivity contribution < 1.29 is 9.59 Å². The van der Waals surface area contributed by atoms with Crippen LogP contribution in [0.5, 0.6) is 0 Å². The van der Waals surface area contributed by atoms with Crippen molar-refractivity contribution in [2.45, 2.75) is 77.2 Å². The van der Waals surface area contributed by atoms with Gasteiger partial charge in [-0.1, -0.05) is 58.9 Å². The highest BCUT2D eigenvalue weighted by Gasteiger charge is 2.48. The highest BCUT2D eigenvalue weighted by molar-refractivity contribution is 7.18. The maximum absolute atomic E-state index is 13.0. The minimum absolute atomic E-state index is 0.184. The lowest BCUT2D eigenvalue weighted by molar-refractivity contribution is -0.135. The number of nitrogens with zero attached hydrogens (tertiary/aromatic N) is 1. The number of primary amides is 1. The Bertz CT molecular complexity index is 919. The van der Waals surface area contributed by atoms with E-state index in [1.807, 2.05) is 6.07 Å². The Morgan fingerprint density at radius 3 is 2.55 bits per heavy atom. The molecule has 170 valence electrons. The SMILES string of the molecule is CCC(=O)NC(Cc1nc2ccc(C(C)C)cc2s1)(C(N)=O)[C@H](CN)C1CCCCC1. The van der Waals surface area contributed by atoms with Crippen LogP contribution in [0.1, 0.15) is 75.8 Å². The van der Waals surface area contributed by atoms with Gasteiger partial charge in [0.2, 0.25) is 11.8 Å². The molecule has 1 fully saturated rings. The van der Waals surface area contributed by atoms with Crippen LogP contribution in [0.4, 0.5) is 0 Å². The van der Waals surface area contributed by atoms with E-state index in [0.29, 0.717) is 12.5 Å². The fourth-order valence-corrected chi connectivity index (χ4v) is 6.04. The number of carbonyl (C=O) groups excluding carboxylic acids is 2. The van der Waals surface area contributed by atoms with Crippen molar-refractivity contribution >= 4 is 33.4 Å². The van der Waals surface area contributed by atoms with Crippen molar-refractivity contribution in [3.05, 3.63) is 28.8 Å². The van der Waals surface area contributed by atoms with Gasteiger partial charge in [0.1, 0.15) is 5.54 Å². The maximum Gasteiger partial charge on any atom is 0.243 e. The summed E-state index contributed by atoms with van der Waals surface area (Å²) in [6.07, 6.45) is 6.03. The molecule has 1 aromatic heterocycles. The van der Waals surface area contributed by atoms with Crippen LogP contribution >= 0.6 is 11.3 Å². The van der Waals surface area contributed by atoms with Crippen molar-refractivity contribution in [3.8, 4) is 0 Å². The molecule has 1 saturated carbocycles. The first-order chi connectivity index (χ1) is 14.8. The average Bonchev–Trinajstić information content (AvgIpc) is 3.15. The molecule has 0 aliphatic heterocycles. The summed E-state index contributed by atoms with van der Waals surface area (Å²) >= 11 is 1.57. The van der Waals surface area contributed by atoms with Crippen LogP contribution in [-0.2, 0) is 16.0 Å². The summed E-state index contributed by atoms with van der Waals surface area (Å²) in [7, 11) is 0. The Kier molecular flexibility index (Phi) is 7.70. The molecule has 1 aliphatic carbocycles. The minimum atomic E-state index is -1.22. The van der Waals surface area contributed by atoms with E-state index in [4.69, 9.17) is 16.5 Å². The summed E-state index contributed by atoms with van der Waals surface area (Å²) in [6, 6.07) is 6.30. The second kappa shape index (κ2) is 10.1. The van der Waals surface area contributed by atoms with Gasteiger partial charge in [0.15, 0.2) is 0 Å². The molecule has 2 atom stereocenters. The van der Waals surface area contributed by atoms with Crippen molar-refractivity contribution in [1.29, 1.82) is 0 Å². The maximum atomic E-state index is 13.0. The number of rotatable bonds is 9. The smallest absolute Gasteiger partial charge is 0.243 e. The van der Waals surface area contributed by atoms with Gasteiger partial charge in [-0.2, -0.15) is 0 Å². The molecular weight excluding hydrogens is 408 g/mol. The molecule has 0 spiro atoms. The lowest BCUT2D eigenvalue weighted by atomic mass is 9.68. The Labute approximate surface area is 189 Å². The fraction of sp³-hybridized carbons (Fsp3) is 0.625. The second-order valence-electron chi connectivity index (χ2n) is 9.14. The topological polar surface area (TPSA) is 111 Å². The van der Waals surface area contributed by atoms with E-state index in [-0.39, 0.29) is 30.6 Å². The molecule has 7 heteroatoms. The number of amides is 2. The van der Waals surface area contributed by atoms with Gasteiger partial charge in [0, 0.05) is 18.8 Å². The summed E-state index contributed by atoms with van der Waals surface area (Å²) < 4.78 is 1.09. The zero-order valence-corrected chi connectivity index (χ0v) is 19.8. The van der Waals surface area contributed by atoms with Gasteiger partial charge >= 0.3 is 0 Å². The zero-order valence-electron chi connectivity index (χ0n) is 18.9. The zero-order chi connectivity index (χ0) is 22.6. The summed E-state index contributed by atoms with van der Waals surface area (Å²) in [6.45, 7) is 6.42. The molecule has 2 amide bonds. The molecule has 0 radical (unpaired) electrons. The van der Waals surface area contributed by atoms with E-state index in [1.54, 1.807) is 18.3 Å². The normalized spacial score (nSPS) is 18.1. The first kappa shape index (κ1) is 23.7. The number of hydrogen-bond donors (Lipinski definition) is 3. The molecule has 1 unspecified atom stereocenters. The highest BCUT2D eigenvalue weighted by atomic mass is 32.1.